The minimum Gasteiger partial charge on any atom is -0.382 e. The van der Waals surface area contributed by atoms with E-state index in [1.807, 2.05) is 0 Å². The summed E-state index contributed by atoms with van der Waals surface area (Å²) in [5, 5.41) is 0. The molecule has 2 heterocycles. The van der Waals surface area contributed by atoms with Gasteiger partial charge in [0.05, 0.1) is 13.2 Å². The lowest BCUT2D eigenvalue weighted by atomic mass is 10.0. The van der Waals surface area contributed by atoms with Gasteiger partial charge in [-0.25, -0.2) is 9.18 Å². The third-order valence-electron chi connectivity index (χ3n) is 4.50. The van der Waals surface area contributed by atoms with Gasteiger partial charge >= 0.3 is 5.69 Å². The lowest BCUT2D eigenvalue weighted by Crippen LogP contribution is -2.38. The summed E-state index contributed by atoms with van der Waals surface area (Å²) in [6.45, 7) is 6.54. The number of nitrogens with zero attached hydrogens (tertiary/aromatic N) is 1. The van der Waals surface area contributed by atoms with Crippen LogP contribution in [0.15, 0.2) is 15.8 Å². The maximum Gasteiger partial charge on any atom is 0.330 e. The molecule has 1 aromatic heterocycles. The third-order valence-corrected chi connectivity index (χ3v) is 5.98. The van der Waals surface area contributed by atoms with E-state index in [9.17, 15) is 18.5 Å². The fourth-order valence-electron chi connectivity index (χ4n) is 2.98. The molecule has 0 unspecified atom stereocenters. The zero-order chi connectivity index (χ0) is 19.6. The molecule has 1 N–H and O–H groups in total. The number of aromatic nitrogens is 2. The number of rotatable bonds is 7. The Balaban J connectivity index is 2.40. The van der Waals surface area contributed by atoms with Gasteiger partial charge in [0.2, 0.25) is 0 Å². The molecule has 2 rings (SSSR count). The molecule has 1 aromatic rings. The summed E-state index contributed by atoms with van der Waals surface area (Å²) in [5.41, 5.74) is -0.862. The Labute approximate surface area is 151 Å². The van der Waals surface area contributed by atoms with Crippen LogP contribution >= 0.6 is 7.14 Å². The van der Waals surface area contributed by atoms with Crippen LogP contribution in [-0.4, -0.2) is 61.3 Å². The SMILES string of the molecule is COCCO[C@@H]1[C@H](C)[C@@H]([C@H](F)P(C)(C)=O)O[C@H]1n1cc(C)c(=O)[nH]c1=O. The molecule has 1 saturated heterocycles. The Bertz CT molecular complexity index is 788. The first-order valence-electron chi connectivity index (χ1n) is 8.34. The number of ether oxygens (including phenoxy) is 3. The molecule has 0 bridgehead atoms. The van der Waals surface area contributed by atoms with Crippen LogP contribution in [0, 0.1) is 12.8 Å². The molecule has 0 aromatic carbocycles. The summed E-state index contributed by atoms with van der Waals surface area (Å²) in [4.78, 5) is 26.1. The van der Waals surface area contributed by atoms with E-state index in [1.165, 1.54) is 31.2 Å². The number of nitrogens with one attached hydrogen (secondary N) is 1. The molecular formula is C16H26FN2O6P. The standard InChI is InChI=1S/C16H26FN2O6P/c1-9-8-19(16(21)18-14(9)20)15-12(24-7-6-23-3)10(2)11(25-15)13(17)26(4,5)22/h8,10-13,15H,6-7H2,1-5H3,(H,18,20,21)/t10-,11+,12-,13-,15-/m1/s1. The first kappa shape index (κ1) is 21.0. The molecule has 5 atom stereocenters. The summed E-state index contributed by atoms with van der Waals surface area (Å²) >= 11 is 0. The zero-order valence-electron chi connectivity index (χ0n) is 15.6. The molecule has 1 fully saturated rings. The van der Waals surface area contributed by atoms with Gasteiger partial charge in [0.15, 0.2) is 12.1 Å². The largest absolute Gasteiger partial charge is 0.382 e. The van der Waals surface area contributed by atoms with E-state index in [1.54, 1.807) is 13.8 Å². The average molecular weight is 392 g/mol. The van der Waals surface area contributed by atoms with E-state index in [4.69, 9.17) is 14.2 Å². The average Bonchev–Trinajstić information content (AvgIpc) is 2.86. The minimum absolute atomic E-state index is 0.224. The number of hydrogen-bond acceptors (Lipinski definition) is 6. The van der Waals surface area contributed by atoms with Crippen LogP contribution in [0.4, 0.5) is 4.39 Å². The first-order chi connectivity index (χ1) is 12.1. The summed E-state index contributed by atoms with van der Waals surface area (Å²) in [6, 6.07) is 0. The summed E-state index contributed by atoms with van der Waals surface area (Å²) in [5.74, 6) is -2.14. The van der Waals surface area contributed by atoms with Crippen LogP contribution in [0.2, 0.25) is 0 Å². The first-order valence-corrected chi connectivity index (χ1v) is 11.0. The molecule has 26 heavy (non-hydrogen) atoms. The van der Waals surface area contributed by atoms with Crippen molar-refractivity contribution >= 4 is 7.14 Å². The second kappa shape index (κ2) is 8.17. The van der Waals surface area contributed by atoms with Gasteiger partial charge in [-0.1, -0.05) is 6.92 Å². The van der Waals surface area contributed by atoms with E-state index in [2.05, 4.69) is 4.98 Å². The van der Waals surface area contributed by atoms with Gasteiger partial charge in [-0.2, -0.15) is 0 Å². The van der Waals surface area contributed by atoms with E-state index in [0.29, 0.717) is 12.2 Å². The Morgan fingerprint density at radius 3 is 2.62 bits per heavy atom. The quantitative estimate of drug-likeness (QED) is 0.555. The fraction of sp³-hybridized carbons (Fsp3) is 0.750. The maximum absolute atomic E-state index is 14.7. The van der Waals surface area contributed by atoms with Gasteiger partial charge in [-0.15, -0.1) is 0 Å². The van der Waals surface area contributed by atoms with Crippen LogP contribution in [-0.2, 0) is 18.8 Å². The second-order valence-corrected chi connectivity index (χ2v) is 10.3. The van der Waals surface area contributed by atoms with E-state index in [0.717, 1.165) is 0 Å². The van der Waals surface area contributed by atoms with Crippen LogP contribution in [0.3, 0.4) is 0 Å². The molecule has 0 aliphatic carbocycles. The highest BCUT2D eigenvalue weighted by Crippen LogP contribution is 2.51. The number of H-pyrrole nitrogens is 1. The second-order valence-electron chi connectivity index (χ2n) is 6.96. The number of aromatic amines is 1. The van der Waals surface area contributed by atoms with Gasteiger partial charge in [-0.3, -0.25) is 14.3 Å². The van der Waals surface area contributed by atoms with Crippen molar-refractivity contribution in [3.63, 3.8) is 0 Å². The van der Waals surface area contributed by atoms with Crippen molar-refractivity contribution in [1.82, 2.24) is 9.55 Å². The van der Waals surface area contributed by atoms with Crippen molar-refractivity contribution in [2.24, 2.45) is 5.92 Å². The van der Waals surface area contributed by atoms with Crippen molar-refractivity contribution in [3.05, 3.63) is 32.6 Å². The van der Waals surface area contributed by atoms with Gasteiger partial charge in [0, 0.05) is 24.8 Å². The predicted octanol–water partition coefficient (Wildman–Crippen LogP) is 1.33. The van der Waals surface area contributed by atoms with Gasteiger partial charge < -0.3 is 18.8 Å². The van der Waals surface area contributed by atoms with Crippen molar-refractivity contribution in [2.75, 3.05) is 33.7 Å². The highest BCUT2D eigenvalue weighted by atomic mass is 31.2. The van der Waals surface area contributed by atoms with E-state index < -0.39 is 48.7 Å². The summed E-state index contributed by atoms with van der Waals surface area (Å²) in [6.07, 6.45) is -1.24. The van der Waals surface area contributed by atoms with E-state index >= 15 is 0 Å². The summed E-state index contributed by atoms with van der Waals surface area (Å²) < 4.78 is 44.7. The van der Waals surface area contributed by atoms with Crippen molar-refractivity contribution < 1.29 is 23.2 Å². The molecule has 0 amide bonds. The molecule has 10 heteroatoms. The number of hydrogen-bond donors (Lipinski definition) is 1. The predicted molar refractivity (Wildman–Crippen MR) is 95.1 cm³/mol. The topological polar surface area (TPSA) is 99.6 Å². The summed E-state index contributed by atoms with van der Waals surface area (Å²) in [7, 11) is -1.54. The van der Waals surface area contributed by atoms with E-state index in [-0.39, 0.29) is 6.61 Å². The molecule has 1 aliphatic heterocycles. The number of aryl methyl sites for hydroxylation is 1. The number of halogens is 1. The lowest BCUT2D eigenvalue weighted by molar-refractivity contribution is -0.0784. The molecular weight excluding hydrogens is 366 g/mol. The fourth-order valence-corrected chi connectivity index (χ4v) is 4.03. The van der Waals surface area contributed by atoms with Crippen molar-refractivity contribution in [3.8, 4) is 0 Å². The molecule has 0 radical (unpaired) electrons. The van der Waals surface area contributed by atoms with Gasteiger partial charge in [0.25, 0.3) is 5.56 Å². The minimum atomic E-state index is -3.07. The normalized spacial score (nSPS) is 27.6. The number of methoxy groups -OCH3 is 1. The molecule has 8 nitrogen and oxygen atoms in total. The van der Waals surface area contributed by atoms with Crippen LogP contribution < -0.4 is 11.2 Å². The lowest BCUT2D eigenvalue weighted by Gasteiger charge is -2.24. The molecule has 148 valence electrons. The van der Waals surface area contributed by atoms with Gasteiger partial charge in [-0.05, 0) is 20.3 Å². The monoisotopic (exact) mass is 392 g/mol. The molecule has 0 spiro atoms. The smallest absolute Gasteiger partial charge is 0.330 e. The highest BCUT2D eigenvalue weighted by molar-refractivity contribution is 7.62. The van der Waals surface area contributed by atoms with Gasteiger partial charge in [0.1, 0.15) is 19.3 Å². The third kappa shape index (κ3) is 4.34. The van der Waals surface area contributed by atoms with Crippen LogP contribution in [0.25, 0.3) is 0 Å². The Morgan fingerprint density at radius 2 is 2.04 bits per heavy atom. The van der Waals surface area contributed by atoms with Crippen LogP contribution in [0.1, 0.15) is 18.7 Å². The Morgan fingerprint density at radius 1 is 1.38 bits per heavy atom. The molecule has 1 aliphatic rings. The zero-order valence-corrected chi connectivity index (χ0v) is 16.5. The highest BCUT2D eigenvalue weighted by Gasteiger charge is 2.50. The Hall–Kier alpha value is -1.28. The maximum atomic E-state index is 14.7. The number of alkyl halides is 1. The van der Waals surface area contributed by atoms with Crippen LogP contribution in [0.5, 0.6) is 0 Å². The van der Waals surface area contributed by atoms with Crippen molar-refractivity contribution in [1.29, 1.82) is 0 Å². The van der Waals surface area contributed by atoms with Crippen molar-refractivity contribution in [2.45, 2.75) is 38.2 Å². The molecule has 0 saturated carbocycles. The Kier molecular flexibility index (Phi) is 6.60.